The van der Waals surface area contributed by atoms with Crippen molar-refractivity contribution in [1.82, 2.24) is 10.9 Å². The summed E-state index contributed by atoms with van der Waals surface area (Å²) >= 11 is 7.23. The number of nitrogens with one attached hydrogen (secondary N) is 2. The molecule has 0 bridgehead atoms. The highest BCUT2D eigenvalue weighted by Crippen LogP contribution is 2.16. The third-order valence-corrected chi connectivity index (χ3v) is 3.74. The van der Waals surface area contributed by atoms with Crippen LogP contribution in [0.25, 0.3) is 0 Å². The molecule has 0 fully saturated rings. The molecule has 0 aliphatic rings. The number of aryl methyl sites for hydroxylation is 1. The van der Waals surface area contributed by atoms with Gasteiger partial charge in [-0.2, -0.15) is 0 Å². The molecular formula is C13H11ClN2O2S. The van der Waals surface area contributed by atoms with Crippen molar-refractivity contribution in [3.8, 4) is 0 Å². The van der Waals surface area contributed by atoms with Crippen molar-refractivity contribution >= 4 is 34.8 Å². The lowest BCUT2D eigenvalue weighted by Gasteiger charge is -2.07. The third-order valence-electron chi connectivity index (χ3n) is 2.47. The van der Waals surface area contributed by atoms with Gasteiger partial charge in [0.25, 0.3) is 11.8 Å². The summed E-state index contributed by atoms with van der Waals surface area (Å²) in [6, 6.07) is 8.39. The monoisotopic (exact) mass is 294 g/mol. The fourth-order valence-corrected chi connectivity index (χ4v) is 2.19. The third kappa shape index (κ3) is 3.33. The van der Waals surface area contributed by atoms with Crippen LogP contribution in [-0.2, 0) is 0 Å². The Morgan fingerprint density at radius 1 is 1.16 bits per heavy atom. The SMILES string of the molecule is Cc1ccc(C(=O)NNC(=O)c2cccs2)cc1Cl. The fraction of sp³-hybridized carbons (Fsp3) is 0.0769. The Morgan fingerprint density at radius 3 is 2.53 bits per heavy atom. The van der Waals surface area contributed by atoms with E-state index in [1.54, 1.807) is 35.7 Å². The van der Waals surface area contributed by atoms with Crippen molar-refractivity contribution in [2.75, 3.05) is 0 Å². The first-order chi connectivity index (χ1) is 9.08. The maximum absolute atomic E-state index is 11.8. The van der Waals surface area contributed by atoms with E-state index in [1.807, 2.05) is 6.92 Å². The second-order valence-corrected chi connectivity index (χ2v) is 5.20. The molecule has 2 N–H and O–H groups in total. The minimum absolute atomic E-state index is 0.346. The minimum Gasteiger partial charge on any atom is -0.267 e. The van der Waals surface area contributed by atoms with Crippen molar-refractivity contribution in [1.29, 1.82) is 0 Å². The second kappa shape index (κ2) is 5.86. The Bertz CT molecular complexity index is 611. The molecule has 0 saturated carbocycles. The van der Waals surface area contributed by atoms with Crippen LogP contribution in [0.4, 0.5) is 0 Å². The van der Waals surface area contributed by atoms with E-state index in [-0.39, 0.29) is 5.91 Å². The average Bonchev–Trinajstić information content (AvgIpc) is 2.92. The first-order valence-electron chi connectivity index (χ1n) is 5.48. The first-order valence-corrected chi connectivity index (χ1v) is 6.74. The topological polar surface area (TPSA) is 58.2 Å². The van der Waals surface area contributed by atoms with Gasteiger partial charge < -0.3 is 0 Å². The summed E-state index contributed by atoms with van der Waals surface area (Å²) in [6.45, 7) is 1.85. The molecule has 1 heterocycles. The van der Waals surface area contributed by atoms with E-state index >= 15 is 0 Å². The van der Waals surface area contributed by atoms with Gasteiger partial charge >= 0.3 is 0 Å². The number of benzene rings is 1. The van der Waals surface area contributed by atoms with Crippen LogP contribution in [0.5, 0.6) is 0 Å². The predicted molar refractivity (Wildman–Crippen MR) is 75.4 cm³/mol. The number of halogens is 1. The summed E-state index contributed by atoms with van der Waals surface area (Å²) in [6.07, 6.45) is 0. The van der Waals surface area contributed by atoms with Crippen LogP contribution in [0.15, 0.2) is 35.7 Å². The molecule has 2 rings (SSSR count). The normalized spacial score (nSPS) is 10.0. The standard InChI is InChI=1S/C13H11ClN2O2S/c1-8-4-5-9(7-10(8)14)12(17)15-16-13(18)11-3-2-6-19-11/h2-7H,1H3,(H,15,17)(H,16,18). The average molecular weight is 295 g/mol. The Morgan fingerprint density at radius 2 is 1.89 bits per heavy atom. The van der Waals surface area contributed by atoms with Crippen LogP contribution in [0.3, 0.4) is 0 Å². The zero-order chi connectivity index (χ0) is 13.8. The van der Waals surface area contributed by atoms with Gasteiger partial charge in [-0.25, -0.2) is 0 Å². The molecule has 4 nitrogen and oxygen atoms in total. The lowest BCUT2D eigenvalue weighted by molar-refractivity contribution is 0.0849. The van der Waals surface area contributed by atoms with Gasteiger partial charge in [0.2, 0.25) is 0 Å². The van der Waals surface area contributed by atoms with Crippen molar-refractivity contribution in [3.05, 3.63) is 56.7 Å². The fourth-order valence-electron chi connectivity index (χ4n) is 1.39. The Balaban J connectivity index is 1.98. The number of hydrogen-bond donors (Lipinski definition) is 2. The Labute approximate surface area is 119 Å². The molecule has 2 aromatic rings. The van der Waals surface area contributed by atoms with Gasteiger partial charge in [-0.1, -0.05) is 23.7 Å². The van der Waals surface area contributed by atoms with Crippen LogP contribution >= 0.6 is 22.9 Å². The highest BCUT2D eigenvalue weighted by Gasteiger charge is 2.10. The van der Waals surface area contributed by atoms with Crippen LogP contribution in [-0.4, -0.2) is 11.8 Å². The molecule has 0 saturated heterocycles. The molecule has 6 heteroatoms. The van der Waals surface area contributed by atoms with Gasteiger partial charge in [-0.3, -0.25) is 20.4 Å². The molecule has 2 amide bonds. The number of carbonyl (C=O) groups is 2. The number of thiophene rings is 1. The molecule has 0 aliphatic carbocycles. The van der Waals surface area contributed by atoms with Gasteiger partial charge in [0.15, 0.2) is 0 Å². The van der Waals surface area contributed by atoms with Gasteiger partial charge in [0.05, 0.1) is 4.88 Å². The van der Waals surface area contributed by atoms with E-state index in [9.17, 15) is 9.59 Å². The maximum Gasteiger partial charge on any atom is 0.279 e. The van der Waals surface area contributed by atoms with Gasteiger partial charge in [-0.05, 0) is 36.1 Å². The highest BCUT2D eigenvalue weighted by molar-refractivity contribution is 7.12. The lowest BCUT2D eigenvalue weighted by atomic mass is 10.1. The van der Waals surface area contributed by atoms with Crippen molar-refractivity contribution < 1.29 is 9.59 Å². The summed E-state index contributed by atoms with van der Waals surface area (Å²) in [5, 5.41) is 2.30. The largest absolute Gasteiger partial charge is 0.279 e. The molecular weight excluding hydrogens is 284 g/mol. The molecule has 1 aromatic carbocycles. The van der Waals surface area contributed by atoms with Crippen molar-refractivity contribution in [2.24, 2.45) is 0 Å². The van der Waals surface area contributed by atoms with Crippen LogP contribution < -0.4 is 10.9 Å². The molecule has 0 aliphatic heterocycles. The molecule has 1 aromatic heterocycles. The number of hydrazine groups is 1. The first kappa shape index (κ1) is 13.6. The van der Waals surface area contributed by atoms with Crippen LogP contribution in [0, 0.1) is 6.92 Å². The number of rotatable bonds is 2. The summed E-state index contributed by atoms with van der Waals surface area (Å²) in [5.74, 6) is -0.756. The lowest BCUT2D eigenvalue weighted by Crippen LogP contribution is -2.41. The number of carbonyl (C=O) groups excluding carboxylic acids is 2. The Hall–Kier alpha value is -1.85. The molecule has 0 unspecified atom stereocenters. The van der Waals surface area contributed by atoms with E-state index in [0.717, 1.165) is 5.56 Å². The Kier molecular flexibility index (Phi) is 4.19. The van der Waals surface area contributed by atoms with E-state index in [1.165, 1.54) is 11.3 Å². The second-order valence-electron chi connectivity index (χ2n) is 3.85. The van der Waals surface area contributed by atoms with Gasteiger partial charge in [0, 0.05) is 10.6 Å². The zero-order valence-electron chi connectivity index (χ0n) is 10.1. The van der Waals surface area contributed by atoms with E-state index < -0.39 is 5.91 Å². The minimum atomic E-state index is -0.410. The maximum atomic E-state index is 11.8. The summed E-state index contributed by atoms with van der Waals surface area (Å²) in [4.78, 5) is 24.0. The smallest absolute Gasteiger partial charge is 0.267 e. The van der Waals surface area contributed by atoms with E-state index in [0.29, 0.717) is 15.5 Å². The van der Waals surface area contributed by atoms with E-state index in [4.69, 9.17) is 11.6 Å². The van der Waals surface area contributed by atoms with Crippen LogP contribution in [0.1, 0.15) is 25.6 Å². The highest BCUT2D eigenvalue weighted by atomic mass is 35.5. The van der Waals surface area contributed by atoms with Gasteiger partial charge in [-0.15, -0.1) is 11.3 Å². The zero-order valence-corrected chi connectivity index (χ0v) is 11.6. The molecule has 0 atom stereocenters. The van der Waals surface area contributed by atoms with Crippen LogP contribution in [0.2, 0.25) is 5.02 Å². The van der Waals surface area contributed by atoms with Crippen molar-refractivity contribution in [2.45, 2.75) is 6.92 Å². The summed E-state index contributed by atoms with van der Waals surface area (Å²) in [7, 11) is 0. The number of hydrogen-bond acceptors (Lipinski definition) is 3. The molecule has 19 heavy (non-hydrogen) atoms. The summed E-state index contributed by atoms with van der Waals surface area (Å²) < 4.78 is 0. The van der Waals surface area contributed by atoms with E-state index in [2.05, 4.69) is 10.9 Å². The predicted octanol–water partition coefficient (Wildman–Crippen LogP) is 2.78. The number of amides is 2. The van der Waals surface area contributed by atoms with Gasteiger partial charge in [0.1, 0.15) is 0 Å². The molecule has 0 radical (unpaired) electrons. The molecule has 0 spiro atoms. The summed E-state index contributed by atoms with van der Waals surface area (Å²) in [5.41, 5.74) is 5.97. The molecule has 98 valence electrons. The van der Waals surface area contributed by atoms with Crippen molar-refractivity contribution in [3.63, 3.8) is 0 Å². The quantitative estimate of drug-likeness (QED) is 0.837.